The third-order valence-electron chi connectivity index (χ3n) is 6.58. The van der Waals surface area contributed by atoms with Crippen LogP contribution in [0.25, 0.3) is 0 Å². The van der Waals surface area contributed by atoms with Crippen molar-refractivity contribution in [1.29, 1.82) is 0 Å². The summed E-state index contributed by atoms with van der Waals surface area (Å²) in [6.45, 7) is 2.18. The lowest BCUT2D eigenvalue weighted by atomic mass is 9.71. The lowest BCUT2D eigenvalue weighted by Crippen LogP contribution is -2.25. The maximum absolute atomic E-state index is 5.87. The molecule has 0 saturated heterocycles. The Labute approximate surface area is 236 Å². The Balaban J connectivity index is 1.33. The molecule has 0 bridgehead atoms. The number of rotatable bonds is 9. The Morgan fingerprint density at radius 1 is 0.415 bits per heavy atom. The van der Waals surface area contributed by atoms with E-state index in [1.807, 2.05) is 36.4 Å². The number of benzene rings is 3. The van der Waals surface area contributed by atoms with Gasteiger partial charge in [0.15, 0.2) is 0 Å². The zero-order valence-electron chi connectivity index (χ0n) is 22.0. The number of nitrogens with zero attached hydrogens (tertiary/aromatic N) is 6. The molecule has 200 valence electrons. The van der Waals surface area contributed by atoms with Gasteiger partial charge >= 0.3 is 0 Å². The van der Waals surface area contributed by atoms with Crippen LogP contribution in [0.5, 0.6) is 34.9 Å². The van der Waals surface area contributed by atoms with Gasteiger partial charge in [-0.15, -0.1) is 0 Å². The fourth-order valence-corrected chi connectivity index (χ4v) is 4.45. The maximum atomic E-state index is 5.87. The van der Waals surface area contributed by atoms with E-state index >= 15 is 0 Å². The molecule has 6 aromatic rings. The molecule has 0 amide bonds. The van der Waals surface area contributed by atoms with Crippen LogP contribution in [0.2, 0.25) is 0 Å². The average molecular weight is 541 g/mol. The number of hydrogen-bond donors (Lipinski definition) is 0. The van der Waals surface area contributed by atoms with Crippen LogP contribution in [-0.4, -0.2) is 29.9 Å². The van der Waals surface area contributed by atoms with Crippen molar-refractivity contribution in [1.82, 2.24) is 29.9 Å². The predicted octanol–water partition coefficient (Wildman–Crippen LogP) is 6.79. The SMILES string of the molecule is CC(c1ccc(Oc2cnccn2)cc1)(c1ccc(Oc2cnccn2)cc1)c1ccc(Oc2cnccn2)cc1. The molecule has 41 heavy (non-hydrogen) atoms. The summed E-state index contributed by atoms with van der Waals surface area (Å²) in [5, 5.41) is 0. The van der Waals surface area contributed by atoms with E-state index in [1.54, 1.807) is 55.8 Å². The highest BCUT2D eigenvalue weighted by Gasteiger charge is 2.31. The van der Waals surface area contributed by atoms with Gasteiger partial charge in [-0.1, -0.05) is 36.4 Å². The van der Waals surface area contributed by atoms with Crippen molar-refractivity contribution in [2.45, 2.75) is 12.3 Å². The highest BCUT2D eigenvalue weighted by molar-refractivity contribution is 5.52. The second-order valence-corrected chi connectivity index (χ2v) is 9.14. The van der Waals surface area contributed by atoms with Crippen molar-refractivity contribution < 1.29 is 14.2 Å². The summed E-state index contributed by atoms with van der Waals surface area (Å²) in [4.78, 5) is 24.8. The molecular weight excluding hydrogens is 516 g/mol. The predicted molar refractivity (Wildman–Crippen MR) is 151 cm³/mol. The van der Waals surface area contributed by atoms with E-state index in [9.17, 15) is 0 Å². The van der Waals surface area contributed by atoms with E-state index < -0.39 is 5.41 Å². The molecule has 0 radical (unpaired) electrons. The molecule has 0 atom stereocenters. The first-order chi connectivity index (χ1) is 20.2. The van der Waals surface area contributed by atoms with E-state index in [4.69, 9.17) is 14.2 Å². The molecule has 3 aromatic heterocycles. The molecule has 0 aliphatic carbocycles. The maximum Gasteiger partial charge on any atom is 0.237 e. The van der Waals surface area contributed by atoms with Gasteiger partial charge in [-0.3, -0.25) is 15.0 Å². The summed E-state index contributed by atoms with van der Waals surface area (Å²) < 4.78 is 17.6. The van der Waals surface area contributed by atoms with E-state index in [0.717, 1.165) is 16.7 Å². The smallest absolute Gasteiger partial charge is 0.237 e. The summed E-state index contributed by atoms with van der Waals surface area (Å²) in [5.41, 5.74) is 2.67. The molecule has 3 aromatic carbocycles. The molecule has 0 N–H and O–H groups in total. The summed E-state index contributed by atoms with van der Waals surface area (Å²) >= 11 is 0. The summed E-state index contributed by atoms with van der Waals surface area (Å²) in [6, 6.07) is 23.9. The van der Waals surface area contributed by atoms with Gasteiger partial charge in [0, 0.05) is 42.6 Å². The normalized spacial score (nSPS) is 11.0. The van der Waals surface area contributed by atoms with Crippen molar-refractivity contribution in [3.63, 3.8) is 0 Å². The molecule has 0 aliphatic heterocycles. The molecular formula is C32H24N6O3. The Hall–Kier alpha value is -5.70. The largest absolute Gasteiger partial charge is 0.438 e. The molecule has 9 nitrogen and oxygen atoms in total. The second kappa shape index (κ2) is 11.6. The van der Waals surface area contributed by atoms with Gasteiger partial charge in [0.05, 0.1) is 18.6 Å². The fraction of sp³-hybridized carbons (Fsp3) is 0.0625. The molecule has 9 heteroatoms. The fourth-order valence-electron chi connectivity index (χ4n) is 4.45. The molecule has 0 saturated carbocycles. The Kier molecular flexibility index (Phi) is 7.23. The Morgan fingerprint density at radius 2 is 0.707 bits per heavy atom. The third kappa shape index (κ3) is 5.84. The van der Waals surface area contributed by atoms with Gasteiger partial charge < -0.3 is 14.2 Å². The molecule has 0 spiro atoms. The summed E-state index contributed by atoms with van der Waals surface area (Å²) in [7, 11) is 0. The first-order valence-corrected chi connectivity index (χ1v) is 12.8. The van der Waals surface area contributed by atoms with Crippen LogP contribution in [-0.2, 0) is 5.41 Å². The van der Waals surface area contributed by atoms with Crippen LogP contribution in [0.3, 0.4) is 0 Å². The van der Waals surface area contributed by atoms with Crippen molar-refractivity contribution >= 4 is 0 Å². The van der Waals surface area contributed by atoms with E-state index in [0.29, 0.717) is 34.9 Å². The zero-order chi connectivity index (χ0) is 27.9. The van der Waals surface area contributed by atoms with Crippen molar-refractivity contribution in [3.8, 4) is 34.9 Å². The van der Waals surface area contributed by atoms with Crippen molar-refractivity contribution in [2.24, 2.45) is 0 Å². The van der Waals surface area contributed by atoms with Crippen LogP contribution in [0, 0.1) is 0 Å². The first-order valence-electron chi connectivity index (χ1n) is 12.8. The average Bonchev–Trinajstić information content (AvgIpc) is 3.03. The highest BCUT2D eigenvalue weighted by Crippen LogP contribution is 2.41. The van der Waals surface area contributed by atoms with Crippen molar-refractivity contribution in [3.05, 3.63) is 145 Å². The number of ether oxygens (including phenoxy) is 3. The van der Waals surface area contributed by atoms with E-state index in [-0.39, 0.29) is 0 Å². The van der Waals surface area contributed by atoms with Gasteiger partial charge in [-0.05, 0) is 60.0 Å². The van der Waals surface area contributed by atoms with E-state index in [1.165, 1.54) is 0 Å². The van der Waals surface area contributed by atoms with Gasteiger partial charge in [-0.2, -0.15) is 0 Å². The minimum atomic E-state index is -0.527. The third-order valence-corrected chi connectivity index (χ3v) is 6.58. The van der Waals surface area contributed by atoms with Crippen LogP contribution in [0.15, 0.2) is 129 Å². The Morgan fingerprint density at radius 3 is 0.951 bits per heavy atom. The van der Waals surface area contributed by atoms with Crippen LogP contribution in [0.1, 0.15) is 23.6 Å². The monoisotopic (exact) mass is 540 g/mol. The van der Waals surface area contributed by atoms with Gasteiger partial charge in [-0.25, -0.2) is 15.0 Å². The van der Waals surface area contributed by atoms with E-state index in [2.05, 4.69) is 73.2 Å². The lowest BCUT2D eigenvalue weighted by molar-refractivity contribution is 0.459. The molecule has 6 rings (SSSR count). The lowest BCUT2D eigenvalue weighted by Gasteiger charge is -2.32. The first kappa shape index (κ1) is 25.6. The molecule has 0 unspecified atom stereocenters. The topological polar surface area (TPSA) is 105 Å². The number of hydrogen-bond acceptors (Lipinski definition) is 9. The van der Waals surface area contributed by atoms with Gasteiger partial charge in [0.25, 0.3) is 0 Å². The summed E-state index contributed by atoms with van der Waals surface area (Å²) in [6.07, 6.45) is 14.3. The highest BCUT2D eigenvalue weighted by atomic mass is 16.5. The quantitative estimate of drug-likeness (QED) is 0.183. The van der Waals surface area contributed by atoms with Crippen LogP contribution < -0.4 is 14.2 Å². The minimum absolute atomic E-state index is 0.431. The van der Waals surface area contributed by atoms with Crippen LogP contribution in [0.4, 0.5) is 0 Å². The number of aromatic nitrogens is 6. The van der Waals surface area contributed by atoms with Crippen molar-refractivity contribution in [2.75, 3.05) is 0 Å². The molecule has 3 heterocycles. The minimum Gasteiger partial charge on any atom is -0.438 e. The second-order valence-electron chi connectivity index (χ2n) is 9.14. The molecule has 0 aliphatic rings. The van der Waals surface area contributed by atoms with Crippen LogP contribution >= 0.6 is 0 Å². The van der Waals surface area contributed by atoms with Gasteiger partial charge in [0.2, 0.25) is 17.6 Å². The van der Waals surface area contributed by atoms with Gasteiger partial charge in [0.1, 0.15) is 17.2 Å². The summed E-state index contributed by atoms with van der Waals surface area (Å²) in [5.74, 6) is 3.28. The zero-order valence-corrected chi connectivity index (χ0v) is 22.0. The Bertz CT molecular complexity index is 1480. The molecule has 0 fully saturated rings. The standard InChI is InChI=1S/C32H24N6O3/c1-32(23-2-8-26(9-3-23)39-29-20-33-14-17-36-29,24-4-10-27(11-5-24)40-30-21-34-15-18-37-30)25-6-12-28(13-7-25)41-31-22-35-16-19-38-31/h2-22H,1H3.